The normalized spacial score (nSPS) is 36.9. The van der Waals surface area contributed by atoms with Gasteiger partial charge >= 0.3 is 0 Å². The van der Waals surface area contributed by atoms with Crippen LogP contribution in [-0.4, -0.2) is 16.5 Å². The molecule has 0 spiro atoms. The fraction of sp³-hybridized carbons (Fsp3) is 0.750. The first-order chi connectivity index (χ1) is 11.7. The van der Waals surface area contributed by atoms with Crippen LogP contribution >= 0.6 is 7.92 Å². The Morgan fingerprint density at radius 3 is 2.28 bits per heavy atom. The fourth-order valence-electron chi connectivity index (χ4n) is 5.72. The van der Waals surface area contributed by atoms with Gasteiger partial charge in [-0.3, -0.25) is 0 Å². The lowest BCUT2D eigenvalue weighted by Gasteiger charge is -2.69. The predicted octanol–water partition coefficient (Wildman–Crippen LogP) is 7.36. The van der Waals surface area contributed by atoms with Crippen LogP contribution in [-0.2, 0) is 6.42 Å². The van der Waals surface area contributed by atoms with E-state index in [0.717, 1.165) is 29.1 Å². The van der Waals surface area contributed by atoms with E-state index in [1.165, 1.54) is 25.7 Å². The molecule has 1 aromatic carbocycles. The van der Waals surface area contributed by atoms with E-state index in [9.17, 15) is 0 Å². The third-order valence-corrected chi connectivity index (χ3v) is 12.7. The van der Waals surface area contributed by atoms with Crippen molar-refractivity contribution in [2.45, 2.75) is 90.6 Å². The molecule has 1 aliphatic heterocycles. The third kappa shape index (κ3) is 3.34. The zero-order valence-corrected chi connectivity index (χ0v) is 18.4. The van der Waals surface area contributed by atoms with Crippen molar-refractivity contribution in [3.8, 4) is 0 Å². The van der Waals surface area contributed by atoms with Crippen molar-refractivity contribution in [1.29, 1.82) is 0 Å². The van der Waals surface area contributed by atoms with E-state index < -0.39 is 0 Å². The van der Waals surface area contributed by atoms with E-state index in [4.69, 9.17) is 0 Å². The lowest BCUT2D eigenvalue weighted by atomic mass is 9.73. The highest BCUT2D eigenvalue weighted by molar-refractivity contribution is 7.62. The van der Waals surface area contributed by atoms with Crippen LogP contribution < -0.4 is 0 Å². The Kier molecular flexibility index (Phi) is 5.43. The van der Waals surface area contributed by atoms with Crippen LogP contribution in [0.15, 0.2) is 30.3 Å². The topological polar surface area (TPSA) is 0 Å². The molecule has 0 N–H and O–H groups in total. The van der Waals surface area contributed by atoms with Gasteiger partial charge in [0.05, 0.1) is 0 Å². The van der Waals surface area contributed by atoms with E-state index in [1.807, 2.05) is 0 Å². The number of hydrogen-bond donors (Lipinski definition) is 0. The molecular formula is C24H39P. The predicted molar refractivity (Wildman–Crippen MR) is 114 cm³/mol. The maximum Gasteiger partial charge on any atom is -0.00884 e. The fourth-order valence-corrected chi connectivity index (χ4v) is 11.3. The molecule has 3 rings (SSSR count). The molecule has 2 fully saturated rings. The van der Waals surface area contributed by atoms with Gasteiger partial charge in [-0.15, -0.1) is 0 Å². The maximum atomic E-state index is 2.59. The molecule has 0 amide bonds. The molecule has 25 heavy (non-hydrogen) atoms. The van der Waals surface area contributed by atoms with Crippen molar-refractivity contribution >= 4 is 7.92 Å². The number of rotatable bonds is 4. The standard InChI is InChI=1S/C24H39P/c1-17(2)20-14-13-18(3)15-21(20)25-22(23(4,5)24(25,6)7)16-19-11-9-8-10-12-19/h8-12,17-18,20-22H,13-16H2,1-7H3/t18-,20+,21-,22?,25?/m1/s1. The van der Waals surface area contributed by atoms with Crippen LogP contribution in [0, 0.1) is 23.2 Å². The molecular weight excluding hydrogens is 319 g/mol. The molecule has 2 unspecified atom stereocenters. The summed E-state index contributed by atoms with van der Waals surface area (Å²) in [4.78, 5) is 0. The minimum atomic E-state index is 0.0673. The number of benzene rings is 1. The van der Waals surface area contributed by atoms with Gasteiger partial charge < -0.3 is 0 Å². The van der Waals surface area contributed by atoms with Gasteiger partial charge in [-0.1, -0.05) is 93.1 Å². The van der Waals surface area contributed by atoms with Crippen molar-refractivity contribution < 1.29 is 0 Å². The number of hydrogen-bond acceptors (Lipinski definition) is 0. The summed E-state index contributed by atoms with van der Waals surface area (Å²) in [5, 5.41) is 0.511. The molecule has 0 radical (unpaired) electrons. The summed E-state index contributed by atoms with van der Waals surface area (Å²) in [6, 6.07) is 11.3. The van der Waals surface area contributed by atoms with E-state index >= 15 is 0 Å². The Morgan fingerprint density at radius 2 is 1.68 bits per heavy atom. The quantitative estimate of drug-likeness (QED) is 0.493. The first-order valence-electron chi connectivity index (χ1n) is 10.5. The maximum absolute atomic E-state index is 2.59. The molecule has 1 aromatic rings. The summed E-state index contributed by atoms with van der Waals surface area (Å²) < 4.78 is 0. The monoisotopic (exact) mass is 358 g/mol. The molecule has 2 aliphatic rings. The highest BCUT2D eigenvalue weighted by atomic mass is 31.1. The summed E-state index contributed by atoms with van der Waals surface area (Å²) in [6.07, 6.45) is 5.70. The Morgan fingerprint density at radius 1 is 1.04 bits per heavy atom. The summed E-state index contributed by atoms with van der Waals surface area (Å²) in [6.45, 7) is 17.8. The second-order valence-corrected chi connectivity index (χ2v) is 13.5. The smallest absolute Gasteiger partial charge is 0.00884 e. The Balaban J connectivity index is 1.90. The lowest BCUT2D eigenvalue weighted by molar-refractivity contribution is 0.185. The average molecular weight is 359 g/mol. The molecule has 5 atom stereocenters. The van der Waals surface area contributed by atoms with Crippen LogP contribution in [0.1, 0.15) is 73.3 Å². The molecule has 1 saturated heterocycles. The molecule has 0 nitrogen and oxygen atoms in total. The summed E-state index contributed by atoms with van der Waals surface area (Å²) in [7, 11) is 0.0673. The first kappa shape index (κ1) is 19.4. The largest absolute Gasteiger partial charge is 0.0927 e. The van der Waals surface area contributed by atoms with Crippen molar-refractivity contribution in [2.75, 3.05) is 0 Å². The van der Waals surface area contributed by atoms with Gasteiger partial charge in [0.15, 0.2) is 0 Å². The Labute approximate surface area is 157 Å². The van der Waals surface area contributed by atoms with Crippen LogP contribution in [0.3, 0.4) is 0 Å². The highest BCUT2D eigenvalue weighted by Crippen LogP contribution is 2.80. The minimum Gasteiger partial charge on any atom is -0.0927 e. The molecule has 1 aliphatic carbocycles. The third-order valence-electron chi connectivity index (χ3n) is 8.01. The van der Waals surface area contributed by atoms with Crippen molar-refractivity contribution in [1.82, 2.24) is 0 Å². The van der Waals surface area contributed by atoms with Gasteiger partial charge in [0.1, 0.15) is 0 Å². The van der Waals surface area contributed by atoms with Gasteiger partial charge in [0, 0.05) is 0 Å². The second-order valence-electron chi connectivity index (χ2n) is 10.3. The minimum absolute atomic E-state index is 0.0673. The molecule has 1 saturated carbocycles. The summed E-state index contributed by atoms with van der Waals surface area (Å²) in [5.74, 6) is 2.73. The van der Waals surface area contributed by atoms with Crippen LogP contribution in [0.5, 0.6) is 0 Å². The van der Waals surface area contributed by atoms with E-state index in [0.29, 0.717) is 10.6 Å². The molecule has 0 bridgehead atoms. The second kappa shape index (κ2) is 6.99. The van der Waals surface area contributed by atoms with Crippen molar-refractivity contribution in [3.63, 3.8) is 0 Å². The Bertz CT molecular complexity index is 571. The van der Waals surface area contributed by atoms with E-state index in [1.54, 1.807) is 5.56 Å². The zero-order valence-electron chi connectivity index (χ0n) is 17.5. The molecule has 140 valence electrons. The van der Waals surface area contributed by atoms with Crippen LogP contribution in [0.2, 0.25) is 0 Å². The molecule has 0 aromatic heterocycles. The summed E-state index contributed by atoms with van der Waals surface area (Å²) >= 11 is 0. The van der Waals surface area contributed by atoms with Crippen molar-refractivity contribution in [3.05, 3.63) is 35.9 Å². The SMILES string of the molecule is CC(C)[C@@H]1CC[C@@H](C)C[C@H]1P1C(Cc2ccccc2)C(C)(C)C1(C)C. The Hall–Kier alpha value is -0.350. The molecule has 1 heterocycles. The summed E-state index contributed by atoms with van der Waals surface area (Å²) in [5.41, 5.74) is 3.87. The van der Waals surface area contributed by atoms with Crippen molar-refractivity contribution in [2.24, 2.45) is 23.2 Å². The average Bonchev–Trinajstić information content (AvgIpc) is 2.54. The lowest BCUT2D eigenvalue weighted by Crippen LogP contribution is -2.61. The van der Waals surface area contributed by atoms with Crippen LogP contribution in [0.4, 0.5) is 0 Å². The van der Waals surface area contributed by atoms with Gasteiger partial charge in [0.25, 0.3) is 0 Å². The van der Waals surface area contributed by atoms with Gasteiger partial charge in [-0.25, -0.2) is 0 Å². The highest BCUT2D eigenvalue weighted by Gasteiger charge is 2.64. The van der Waals surface area contributed by atoms with Gasteiger partial charge in [-0.2, -0.15) is 0 Å². The van der Waals surface area contributed by atoms with E-state index in [-0.39, 0.29) is 7.92 Å². The molecule has 1 heteroatoms. The van der Waals surface area contributed by atoms with Crippen LogP contribution in [0.25, 0.3) is 0 Å². The zero-order chi connectivity index (χ0) is 18.4. The van der Waals surface area contributed by atoms with E-state index in [2.05, 4.69) is 78.8 Å². The van der Waals surface area contributed by atoms with Gasteiger partial charge in [-0.05, 0) is 64.5 Å². The first-order valence-corrected chi connectivity index (χ1v) is 12.0. The van der Waals surface area contributed by atoms with Gasteiger partial charge in [0.2, 0.25) is 0 Å².